The maximum atomic E-state index is 5.34. The third kappa shape index (κ3) is 3.78. The van der Waals surface area contributed by atoms with E-state index in [9.17, 15) is 0 Å². The Kier molecular flexibility index (Phi) is 5.47. The Balaban J connectivity index is 1.34. The molecule has 0 saturated carbocycles. The molecular formula is C40H26N4. The Morgan fingerprint density at radius 3 is 1.91 bits per heavy atom. The number of benzene rings is 6. The first-order valence-corrected chi connectivity index (χ1v) is 14.9. The van der Waals surface area contributed by atoms with Gasteiger partial charge in [0.05, 0.1) is 16.7 Å². The number of rotatable bonds is 4. The summed E-state index contributed by atoms with van der Waals surface area (Å²) in [6, 6.07) is 53.3. The minimum Gasteiger partial charge on any atom is -0.301 e. The van der Waals surface area contributed by atoms with Crippen molar-refractivity contribution in [3.05, 3.63) is 158 Å². The summed E-state index contributed by atoms with van der Waals surface area (Å²) in [5.41, 5.74) is 8.44. The lowest BCUT2D eigenvalue weighted by atomic mass is 10.0. The van der Waals surface area contributed by atoms with Gasteiger partial charge in [-0.1, -0.05) is 121 Å². The zero-order valence-corrected chi connectivity index (χ0v) is 23.8. The maximum Gasteiger partial charge on any atom is 0.237 e. The van der Waals surface area contributed by atoms with Crippen LogP contribution < -0.4 is 0 Å². The van der Waals surface area contributed by atoms with Gasteiger partial charge in [-0.05, 0) is 52.2 Å². The van der Waals surface area contributed by atoms with Crippen LogP contribution in [0, 0.1) is 0 Å². The monoisotopic (exact) mass is 562 g/mol. The highest BCUT2D eigenvalue weighted by Crippen LogP contribution is 2.38. The lowest BCUT2D eigenvalue weighted by Gasteiger charge is -2.12. The molecule has 0 radical (unpaired) electrons. The van der Waals surface area contributed by atoms with Crippen LogP contribution in [0.4, 0.5) is 0 Å². The van der Waals surface area contributed by atoms with E-state index in [0.717, 1.165) is 39.0 Å². The molecule has 0 N–H and O–H groups in total. The van der Waals surface area contributed by atoms with Gasteiger partial charge in [-0.2, -0.15) is 4.98 Å². The van der Waals surface area contributed by atoms with E-state index in [1.165, 1.54) is 32.7 Å². The van der Waals surface area contributed by atoms with Crippen molar-refractivity contribution in [1.82, 2.24) is 19.1 Å². The van der Waals surface area contributed by atoms with Crippen molar-refractivity contribution >= 4 is 43.6 Å². The van der Waals surface area contributed by atoms with Crippen molar-refractivity contribution in [2.45, 2.75) is 0 Å². The molecule has 6 aromatic carbocycles. The van der Waals surface area contributed by atoms with E-state index in [2.05, 4.69) is 155 Å². The van der Waals surface area contributed by atoms with Gasteiger partial charge in [0.1, 0.15) is 0 Å². The number of hydrogen-bond donors (Lipinski definition) is 0. The summed E-state index contributed by atoms with van der Waals surface area (Å²) >= 11 is 0. The molecule has 0 saturated heterocycles. The maximum absolute atomic E-state index is 5.34. The second kappa shape index (κ2) is 9.79. The Hall–Kier alpha value is -6.00. The lowest BCUT2D eigenvalue weighted by molar-refractivity contribution is 0.988. The quantitative estimate of drug-likeness (QED) is 0.214. The predicted octanol–water partition coefficient (Wildman–Crippen LogP) is 10.0. The molecule has 3 heterocycles. The molecule has 0 fully saturated rings. The van der Waals surface area contributed by atoms with Crippen molar-refractivity contribution in [3.63, 3.8) is 0 Å². The molecular weight excluding hydrogens is 536 g/mol. The van der Waals surface area contributed by atoms with Gasteiger partial charge in [-0.3, -0.25) is 4.57 Å². The highest BCUT2D eigenvalue weighted by atomic mass is 15.2. The van der Waals surface area contributed by atoms with Gasteiger partial charge in [-0.15, -0.1) is 0 Å². The Bertz CT molecular complexity index is 2470. The zero-order valence-electron chi connectivity index (χ0n) is 23.8. The van der Waals surface area contributed by atoms with E-state index in [1.54, 1.807) is 0 Å². The molecule has 4 heteroatoms. The first-order valence-electron chi connectivity index (χ1n) is 14.9. The summed E-state index contributed by atoms with van der Waals surface area (Å²) in [6.45, 7) is 0. The fourth-order valence-electron chi connectivity index (χ4n) is 6.53. The summed E-state index contributed by atoms with van der Waals surface area (Å²) in [6.07, 6.45) is 2.10. The highest BCUT2D eigenvalue weighted by molar-refractivity contribution is 6.21. The van der Waals surface area contributed by atoms with Crippen LogP contribution in [0.15, 0.2) is 158 Å². The minimum absolute atomic E-state index is 0.650. The van der Waals surface area contributed by atoms with Crippen LogP contribution in [0.2, 0.25) is 0 Å². The van der Waals surface area contributed by atoms with Gasteiger partial charge < -0.3 is 4.57 Å². The second-order valence-electron chi connectivity index (χ2n) is 11.1. The van der Waals surface area contributed by atoms with Gasteiger partial charge in [0.15, 0.2) is 5.65 Å². The van der Waals surface area contributed by atoms with Crippen molar-refractivity contribution in [1.29, 1.82) is 0 Å². The zero-order chi connectivity index (χ0) is 29.0. The van der Waals surface area contributed by atoms with E-state index >= 15 is 0 Å². The van der Waals surface area contributed by atoms with Crippen LogP contribution in [0.5, 0.6) is 0 Å². The minimum atomic E-state index is 0.650. The van der Waals surface area contributed by atoms with Crippen molar-refractivity contribution in [2.24, 2.45) is 0 Å². The smallest absolute Gasteiger partial charge is 0.237 e. The molecule has 3 aromatic heterocycles. The lowest BCUT2D eigenvalue weighted by Crippen LogP contribution is -2.05. The van der Waals surface area contributed by atoms with Crippen molar-refractivity contribution in [2.75, 3.05) is 0 Å². The molecule has 0 unspecified atom stereocenters. The highest BCUT2D eigenvalue weighted by Gasteiger charge is 2.20. The third-order valence-electron chi connectivity index (χ3n) is 8.59. The average Bonchev–Trinajstić information content (AvgIpc) is 3.68. The van der Waals surface area contributed by atoms with Crippen LogP contribution >= 0.6 is 0 Å². The first kappa shape index (κ1) is 24.6. The van der Waals surface area contributed by atoms with Crippen LogP contribution in [-0.2, 0) is 0 Å². The number of nitrogens with zero attached hydrogens (tertiary/aromatic N) is 4. The summed E-state index contributed by atoms with van der Waals surface area (Å²) < 4.78 is 4.38. The molecule has 0 bridgehead atoms. The Labute approximate surface area is 254 Å². The average molecular weight is 563 g/mol. The molecule has 4 nitrogen and oxygen atoms in total. The van der Waals surface area contributed by atoms with Gasteiger partial charge in [0.2, 0.25) is 5.95 Å². The molecule has 0 atom stereocenters. The fourth-order valence-corrected chi connectivity index (χ4v) is 6.53. The molecule has 9 rings (SSSR count). The van der Waals surface area contributed by atoms with Crippen molar-refractivity contribution < 1.29 is 0 Å². The SMILES string of the molecule is c1ccc(-c2ccc(-c3nc(-n4c5ccccc5c5c6ccccc6ccc54)nc4c3ccn4-c3ccccc3)cc2)cc1. The molecule has 0 aliphatic carbocycles. The number of aromatic nitrogens is 4. The van der Waals surface area contributed by atoms with Gasteiger partial charge in [-0.25, -0.2) is 4.98 Å². The molecule has 0 spiro atoms. The molecule has 9 aromatic rings. The second-order valence-corrected chi connectivity index (χ2v) is 11.1. The van der Waals surface area contributed by atoms with Gasteiger partial charge in [0, 0.05) is 33.6 Å². The molecule has 0 aliphatic heterocycles. The van der Waals surface area contributed by atoms with Gasteiger partial charge >= 0.3 is 0 Å². The predicted molar refractivity (Wildman–Crippen MR) is 182 cm³/mol. The van der Waals surface area contributed by atoms with E-state index in [-0.39, 0.29) is 0 Å². The Morgan fingerprint density at radius 1 is 0.432 bits per heavy atom. The summed E-state index contributed by atoms with van der Waals surface area (Å²) in [5, 5.41) is 5.86. The van der Waals surface area contributed by atoms with Crippen LogP contribution in [0.3, 0.4) is 0 Å². The topological polar surface area (TPSA) is 35.6 Å². The largest absolute Gasteiger partial charge is 0.301 e. The standard InChI is InChI=1S/C40H26N4/c1-3-11-27(12-4-1)28-19-21-30(22-20-28)38-34-25-26-43(31-14-5-2-6-15-31)39(34)42-40(41-38)44-35-18-10-9-17-33(35)37-32-16-8-7-13-29(32)23-24-36(37)44/h1-26H. The Morgan fingerprint density at radius 2 is 1.09 bits per heavy atom. The van der Waals surface area contributed by atoms with E-state index in [4.69, 9.17) is 9.97 Å². The fraction of sp³-hybridized carbons (Fsp3) is 0. The molecule has 0 aliphatic rings. The summed E-state index contributed by atoms with van der Waals surface area (Å²) in [7, 11) is 0. The molecule has 0 amide bonds. The first-order chi connectivity index (χ1) is 21.8. The summed E-state index contributed by atoms with van der Waals surface area (Å²) in [5.74, 6) is 0.650. The van der Waals surface area contributed by atoms with E-state index < -0.39 is 0 Å². The number of para-hydroxylation sites is 2. The molecule has 44 heavy (non-hydrogen) atoms. The van der Waals surface area contributed by atoms with E-state index in [0.29, 0.717) is 5.95 Å². The van der Waals surface area contributed by atoms with Crippen LogP contribution in [-0.4, -0.2) is 19.1 Å². The van der Waals surface area contributed by atoms with E-state index in [1.807, 2.05) is 12.1 Å². The van der Waals surface area contributed by atoms with Crippen LogP contribution in [0.25, 0.3) is 77.6 Å². The van der Waals surface area contributed by atoms with Crippen LogP contribution in [0.1, 0.15) is 0 Å². The number of hydrogen-bond acceptors (Lipinski definition) is 2. The molecule has 206 valence electrons. The summed E-state index contributed by atoms with van der Waals surface area (Å²) in [4.78, 5) is 10.6. The third-order valence-corrected chi connectivity index (χ3v) is 8.59. The van der Waals surface area contributed by atoms with Gasteiger partial charge in [0.25, 0.3) is 0 Å². The normalized spacial score (nSPS) is 11.6. The van der Waals surface area contributed by atoms with Crippen molar-refractivity contribution in [3.8, 4) is 34.0 Å². The number of fused-ring (bicyclic) bond motifs is 6.